The lowest BCUT2D eigenvalue weighted by Crippen LogP contribution is -2.42. The molecule has 1 aromatic carbocycles. The van der Waals surface area contributed by atoms with Crippen molar-refractivity contribution in [1.82, 2.24) is 0 Å². The Balaban J connectivity index is 1.72. The monoisotopic (exact) mass is 352 g/mol. The molecule has 1 N–H and O–H groups in total. The first-order valence-electron chi connectivity index (χ1n) is 9.17. The summed E-state index contributed by atoms with van der Waals surface area (Å²) >= 11 is 5.99. The van der Waals surface area contributed by atoms with E-state index in [1.807, 2.05) is 26.0 Å². The second-order valence-corrected chi connectivity index (χ2v) is 8.26. The molecule has 2 aliphatic rings. The summed E-state index contributed by atoms with van der Waals surface area (Å²) in [6, 6.07) is 8.07. The molecule has 1 aromatic rings. The van der Waals surface area contributed by atoms with E-state index in [0.717, 1.165) is 50.2 Å². The van der Waals surface area contributed by atoms with Gasteiger partial charge in [-0.05, 0) is 76.0 Å². The van der Waals surface area contributed by atoms with E-state index in [0.29, 0.717) is 5.92 Å². The first-order valence-corrected chi connectivity index (χ1v) is 9.55. The molecule has 134 valence electrons. The summed E-state index contributed by atoms with van der Waals surface area (Å²) in [7, 11) is 0. The van der Waals surface area contributed by atoms with Gasteiger partial charge in [0, 0.05) is 17.5 Å². The highest BCUT2D eigenvalue weighted by atomic mass is 35.5. The number of benzene rings is 1. The molecule has 0 amide bonds. The fraction of sp³-hybridized carbons (Fsp3) is 0.700. The molecule has 1 saturated carbocycles. The van der Waals surface area contributed by atoms with Crippen molar-refractivity contribution in [2.75, 3.05) is 6.61 Å². The lowest BCUT2D eigenvalue weighted by atomic mass is 9.85. The molecule has 0 bridgehead atoms. The van der Waals surface area contributed by atoms with E-state index in [9.17, 15) is 5.11 Å². The smallest absolute Gasteiger partial charge is 0.157 e. The van der Waals surface area contributed by atoms with Gasteiger partial charge in [-0.2, -0.15) is 0 Å². The third-order valence-electron chi connectivity index (χ3n) is 5.48. The van der Waals surface area contributed by atoms with Gasteiger partial charge in [-0.3, -0.25) is 0 Å². The van der Waals surface area contributed by atoms with Gasteiger partial charge in [-0.25, -0.2) is 0 Å². The van der Waals surface area contributed by atoms with Crippen LogP contribution in [0.1, 0.15) is 51.5 Å². The van der Waals surface area contributed by atoms with Gasteiger partial charge in [-0.15, -0.1) is 0 Å². The molecule has 1 saturated heterocycles. The first-order chi connectivity index (χ1) is 11.4. The minimum absolute atomic E-state index is 0.0452. The Hall–Kier alpha value is -0.610. The molecule has 3 rings (SSSR count). The van der Waals surface area contributed by atoms with Crippen LogP contribution in [0.25, 0.3) is 0 Å². The lowest BCUT2D eigenvalue weighted by molar-refractivity contribution is -0.214. The van der Waals surface area contributed by atoms with E-state index in [2.05, 4.69) is 12.1 Å². The minimum atomic E-state index is -0.728. The molecule has 0 radical (unpaired) electrons. The van der Waals surface area contributed by atoms with Crippen LogP contribution in [0.15, 0.2) is 24.3 Å². The highest BCUT2D eigenvalue weighted by Gasteiger charge is 2.45. The van der Waals surface area contributed by atoms with Gasteiger partial charge in [0.1, 0.15) is 0 Å². The predicted molar refractivity (Wildman–Crippen MR) is 96.1 cm³/mol. The van der Waals surface area contributed by atoms with Crippen molar-refractivity contribution < 1.29 is 14.6 Å². The van der Waals surface area contributed by atoms with Crippen LogP contribution in [0.3, 0.4) is 0 Å². The highest BCUT2D eigenvalue weighted by Crippen LogP contribution is 2.42. The van der Waals surface area contributed by atoms with Gasteiger partial charge in [0.05, 0.1) is 11.7 Å². The van der Waals surface area contributed by atoms with Crippen LogP contribution in [-0.4, -0.2) is 29.7 Å². The van der Waals surface area contributed by atoms with Gasteiger partial charge in [0.25, 0.3) is 0 Å². The molecular formula is C20H29ClO3. The summed E-state index contributed by atoms with van der Waals surface area (Å²) in [6.07, 6.45) is 6.21. The van der Waals surface area contributed by atoms with Gasteiger partial charge in [0.15, 0.2) is 6.29 Å². The van der Waals surface area contributed by atoms with Gasteiger partial charge >= 0.3 is 0 Å². The summed E-state index contributed by atoms with van der Waals surface area (Å²) in [5.74, 6) is 0.563. The van der Waals surface area contributed by atoms with Crippen LogP contribution >= 0.6 is 11.6 Å². The molecular weight excluding hydrogens is 324 g/mol. The Labute approximate surface area is 150 Å². The van der Waals surface area contributed by atoms with E-state index in [1.165, 1.54) is 5.56 Å². The van der Waals surface area contributed by atoms with Gasteiger partial charge in [-0.1, -0.05) is 23.7 Å². The van der Waals surface area contributed by atoms with Crippen molar-refractivity contribution in [2.24, 2.45) is 11.8 Å². The van der Waals surface area contributed by atoms with Gasteiger partial charge in [0.2, 0.25) is 0 Å². The van der Waals surface area contributed by atoms with Crippen LogP contribution < -0.4 is 0 Å². The van der Waals surface area contributed by atoms with Crippen molar-refractivity contribution in [2.45, 2.75) is 70.4 Å². The number of rotatable bonds is 5. The average Bonchev–Trinajstić information content (AvgIpc) is 2.93. The molecule has 3 nitrogen and oxygen atoms in total. The molecule has 1 heterocycles. The molecule has 0 aromatic heterocycles. The fourth-order valence-corrected chi connectivity index (χ4v) is 4.27. The molecule has 2 fully saturated rings. The van der Waals surface area contributed by atoms with Crippen LogP contribution in [0, 0.1) is 11.8 Å². The molecule has 4 atom stereocenters. The number of hydrogen-bond acceptors (Lipinski definition) is 3. The third kappa shape index (κ3) is 4.51. The number of aliphatic hydroxyl groups is 1. The summed E-state index contributed by atoms with van der Waals surface area (Å²) in [5, 5.41) is 11.4. The Kier molecular flexibility index (Phi) is 5.86. The highest BCUT2D eigenvalue weighted by molar-refractivity contribution is 6.30. The zero-order chi connectivity index (χ0) is 17.2. The zero-order valence-corrected chi connectivity index (χ0v) is 15.5. The topological polar surface area (TPSA) is 38.7 Å². The maximum absolute atomic E-state index is 10.6. The SMILES string of the molecule is CC(C)(O)C1CCC(Cc2ccc(Cl)cc2)C1OC1CCCCO1. The summed E-state index contributed by atoms with van der Waals surface area (Å²) in [5.41, 5.74) is 0.549. The predicted octanol–water partition coefficient (Wildman–Crippen LogP) is 4.59. The van der Waals surface area contributed by atoms with Crippen molar-refractivity contribution in [3.8, 4) is 0 Å². The van der Waals surface area contributed by atoms with E-state index in [-0.39, 0.29) is 18.3 Å². The lowest BCUT2D eigenvalue weighted by Gasteiger charge is -2.36. The molecule has 0 spiro atoms. The Bertz CT molecular complexity index is 517. The Morgan fingerprint density at radius 2 is 1.92 bits per heavy atom. The maximum atomic E-state index is 10.6. The van der Waals surface area contributed by atoms with Crippen molar-refractivity contribution >= 4 is 11.6 Å². The van der Waals surface area contributed by atoms with E-state index < -0.39 is 5.60 Å². The fourth-order valence-electron chi connectivity index (χ4n) is 4.15. The molecule has 1 aliphatic carbocycles. The van der Waals surface area contributed by atoms with Crippen LogP contribution in [0.5, 0.6) is 0 Å². The van der Waals surface area contributed by atoms with E-state index in [1.54, 1.807) is 0 Å². The Morgan fingerprint density at radius 1 is 1.17 bits per heavy atom. The van der Waals surface area contributed by atoms with Crippen molar-refractivity contribution in [1.29, 1.82) is 0 Å². The molecule has 4 heteroatoms. The number of hydrogen-bond donors (Lipinski definition) is 1. The molecule has 1 aliphatic heterocycles. The summed E-state index contributed by atoms with van der Waals surface area (Å²) in [4.78, 5) is 0. The minimum Gasteiger partial charge on any atom is -0.390 e. The van der Waals surface area contributed by atoms with Crippen LogP contribution in [-0.2, 0) is 15.9 Å². The number of halogens is 1. The van der Waals surface area contributed by atoms with Crippen molar-refractivity contribution in [3.05, 3.63) is 34.9 Å². The van der Waals surface area contributed by atoms with Crippen LogP contribution in [0.2, 0.25) is 5.02 Å². The maximum Gasteiger partial charge on any atom is 0.157 e. The molecule has 4 unspecified atom stereocenters. The average molecular weight is 353 g/mol. The number of ether oxygens (including phenoxy) is 2. The summed E-state index contributed by atoms with van der Waals surface area (Å²) < 4.78 is 12.2. The summed E-state index contributed by atoms with van der Waals surface area (Å²) in [6.45, 7) is 4.59. The largest absolute Gasteiger partial charge is 0.390 e. The van der Waals surface area contributed by atoms with Crippen molar-refractivity contribution in [3.63, 3.8) is 0 Å². The Morgan fingerprint density at radius 3 is 2.54 bits per heavy atom. The third-order valence-corrected chi connectivity index (χ3v) is 5.73. The standard InChI is InChI=1S/C20H29ClO3/c1-20(2,22)17-11-8-15(13-14-6-9-16(21)10-7-14)19(17)24-18-5-3-4-12-23-18/h6-7,9-10,15,17-19,22H,3-5,8,11-13H2,1-2H3. The quantitative estimate of drug-likeness (QED) is 0.842. The zero-order valence-electron chi connectivity index (χ0n) is 14.7. The normalized spacial score (nSPS) is 31.3. The van der Waals surface area contributed by atoms with Crippen LogP contribution in [0.4, 0.5) is 0 Å². The molecule has 24 heavy (non-hydrogen) atoms. The first kappa shape index (κ1) is 18.2. The second kappa shape index (κ2) is 7.74. The second-order valence-electron chi connectivity index (χ2n) is 7.83. The van der Waals surface area contributed by atoms with E-state index in [4.69, 9.17) is 21.1 Å². The van der Waals surface area contributed by atoms with E-state index >= 15 is 0 Å². The van der Waals surface area contributed by atoms with Gasteiger partial charge < -0.3 is 14.6 Å².